The third kappa shape index (κ3) is 7.56. The normalized spacial score (nSPS) is 12.4. The number of hydrogen-bond donors (Lipinski definition) is 4. The number of sulfonamides is 1. The molecule has 208 valence electrons. The number of carbonyl (C=O) groups excluding carboxylic acids is 2. The fourth-order valence-electron chi connectivity index (χ4n) is 3.55. The molecule has 2 aromatic carbocycles. The molecule has 1 heterocycles. The van der Waals surface area contributed by atoms with Crippen molar-refractivity contribution in [2.45, 2.75) is 36.9 Å². The van der Waals surface area contributed by atoms with Gasteiger partial charge >= 0.3 is 6.18 Å². The summed E-state index contributed by atoms with van der Waals surface area (Å²) in [6, 6.07) is 11.3. The highest BCUT2D eigenvalue weighted by molar-refractivity contribution is 7.90. The summed E-state index contributed by atoms with van der Waals surface area (Å²) in [5.74, 6) is -1.14. The number of aromatic nitrogens is 2. The van der Waals surface area contributed by atoms with Crippen LogP contribution in [0.1, 0.15) is 24.1 Å². The molecule has 3 rings (SSSR count). The third-order valence-electron chi connectivity index (χ3n) is 5.50. The molecule has 0 saturated carbocycles. The molecule has 1 aromatic heterocycles. The first-order valence-electron chi connectivity index (χ1n) is 11.5. The second kappa shape index (κ2) is 12.0. The minimum atomic E-state index is -4.70. The van der Waals surface area contributed by atoms with E-state index in [9.17, 15) is 31.2 Å². The number of halogens is 3. The van der Waals surface area contributed by atoms with E-state index in [1.165, 1.54) is 12.1 Å². The van der Waals surface area contributed by atoms with Crippen LogP contribution in [-0.2, 0) is 25.8 Å². The summed E-state index contributed by atoms with van der Waals surface area (Å²) in [6.45, 7) is 2.00. The SMILES string of the molecule is Cc1ccc(-c2cc(C(F)(F)F)nn2-c2ccc(S(=O)(=O)NC(=O)[C@H](CCCN=C(N)N)NC=O)cc2)cc1. The van der Waals surface area contributed by atoms with Crippen LogP contribution in [0, 0.1) is 6.92 Å². The Morgan fingerprint density at radius 1 is 1.13 bits per heavy atom. The van der Waals surface area contributed by atoms with Gasteiger partial charge in [-0.05, 0) is 50.1 Å². The van der Waals surface area contributed by atoms with Crippen molar-refractivity contribution in [1.82, 2.24) is 19.8 Å². The maximum atomic E-state index is 13.4. The Balaban J connectivity index is 1.85. The number of aryl methyl sites for hydroxylation is 1. The van der Waals surface area contributed by atoms with Gasteiger partial charge < -0.3 is 16.8 Å². The molecule has 0 radical (unpaired) electrons. The number of nitrogens with one attached hydrogen (secondary N) is 2. The van der Waals surface area contributed by atoms with E-state index in [2.05, 4.69) is 15.4 Å². The van der Waals surface area contributed by atoms with Crippen LogP contribution in [0.3, 0.4) is 0 Å². The van der Waals surface area contributed by atoms with Crippen molar-refractivity contribution in [3.63, 3.8) is 0 Å². The lowest BCUT2D eigenvalue weighted by Crippen LogP contribution is -2.45. The van der Waals surface area contributed by atoms with E-state index in [1.807, 2.05) is 11.6 Å². The summed E-state index contributed by atoms with van der Waals surface area (Å²) >= 11 is 0. The molecule has 3 aromatic rings. The van der Waals surface area contributed by atoms with E-state index in [0.29, 0.717) is 5.56 Å². The summed E-state index contributed by atoms with van der Waals surface area (Å²) in [6.07, 6.45) is -4.11. The van der Waals surface area contributed by atoms with Gasteiger partial charge in [-0.15, -0.1) is 0 Å². The minimum absolute atomic E-state index is 0.0540. The number of benzene rings is 2. The number of rotatable bonds is 11. The Bertz CT molecular complexity index is 1450. The van der Waals surface area contributed by atoms with Gasteiger partial charge in [0.2, 0.25) is 6.41 Å². The van der Waals surface area contributed by atoms with Gasteiger partial charge in [-0.2, -0.15) is 18.3 Å². The van der Waals surface area contributed by atoms with Crippen molar-refractivity contribution in [3.8, 4) is 16.9 Å². The molecular formula is C24H26F3N7O4S. The summed E-state index contributed by atoms with van der Waals surface area (Å²) < 4.78 is 68.8. The topological polar surface area (TPSA) is 175 Å². The molecule has 0 aliphatic rings. The molecule has 0 saturated heterocycles. The van der Waals surface area contributed by atoms with Crippen molar-refractivity contribution < 1.29 is 31.2 Å². The number of alkyl halides is 3. The predicted molar refractivity (Wildman–Crippen MR) is 137 cm³/mol. The highest BCUT2D eigenvalue weighted by Crippen LogP contribution is 2.33. The summed E-state index contributed by atoms with van der Waals surface area (Å²) in [5.41, 5.74) is 11.0. The van der Waals surface area contributed by atoms with Crippen LogP contribution < -0.4 is 21.5 Å². The first-order chi connectivity index (χ1) is 18.3. The molecule has 0 unspecified atom stereocenters. The van der Waals surface area contributed by atoms with E-state index in [-0.39, 0.29) is 48.0 Å². The first kappa shape index (κ1) is 29.2. The molecule has 0 aliphatic heterocycles. The molecule has 0 fully saturated rings. The lowest BCUT2D eigenvalue weighted by molar-refractivity contribution is -0.141. The molecule has 0 spiro atoms. The smallest absolute Gasteiger partial charge is 0.370 e. The maximum absolute atomic E-state index is 13.4. The van der Waals surface area contributed by atoms with Crippen LogP contribution in [0.15, 0.2) is 64.5 Å². The fraction of sp³-hybridized carbons (Fsp3) is 0.250. The second-order valence-electron chi connectivity index (χ2n) is 8.44. The molecule has 6 N–H and O–H groups in total. The standard InChI is InChI=1S/C24H26F3N7O4S/c1-15-4-6-16(7-5-15)20-13-21(24(25,26)27)32-34(20)17-8-10-18(11-9-17)39(37,38)33-22(36)19(31-14-35)3-2-12-30-23(28)29/h4-11,13-14,19H,2-3,12H2,1H3,(H,31,35)(H,33,36)(H4,28,29,30)/t19-/m0/s1. The molecule has 1 atom stereocenters. The van der Waals surface area contributed by atoms with Crippen LogP contribution in [0.25, 0.3) is 16.9 Å². The number of carbonyl (C=O) groups is 2. The van der Waals surface area contributed by atoms with Crippen LogP contribution in [0.4, 0.5) is 13.2 Å². The van der Waals surface area contributed by atoms with Gasteiger partial charge in [0.05, 0.1) is 16.3 Å². The van der Waals surface area contributed by atoms with Gasteiger partial charge in [0, 0.05) is 12.1 Å². The van der Waals surface area contributed by atoms with Gasteiger partial charge in [0.25, 0.3) is 15.9 Å². The zero-order valence-corrected chi connectivity index (χ0v) is 21.5. The molecule has 15 heteroatoms. The Morgan fingerprint density at radius 2 is 1.77 bits per heavy atom. The van der Waals surface area contributed by atoms with Gasteiger partial charge in [0.15, 0.2) is 11.7 Å². The van der Waals surface area contributed by atoms with Crippen LogP contribution in [0.2, 0.25) is 0 Å². The molecule has 11 nitrogen and oxygen atoms in total. The number of hydrogen-bond acceptors (Lipinski definition) is 6. The first-order valence-corrected chi connectivity index (χ1v) is 13.0. The maximum Gasteiger partial charge on any atom is 0.435 e. The Morgan fingerprint density at radius 3 is 2.33 bits per heavy atom. The lowest BCUT2D eigenvalue weighted by Gasteiger charge is -2.16. The van der Waals surface area contributed by atoms with Gasteiger partial charge in [-0.25, -0.2) is 17.8 Å². The lowest BCUT2D eigenvalue weighted by atomic mass is 10.1. The van der Waals surface area contributed by atoms with Crippen LogP contribution in [0.5, 0.6) is 0 Å². The van der Waals surface area contributed by atoms with Crippen LogP contribution >= 0.6 is 0 Å². The van der Waals surface area contributed by atoms with E-state index >= 15 is 0 Å². The van der Waals surface area contributed by atoms with Gasteiger partial charge in [-0.1, -0.05) is 29.8 Å². The molecular weight excluding hydrogens is 539 g/mol. The minimum Gasteiger partial charge on any atom is -0.370 e. The quantitative estimate of drug-likeness (QED) is 0.119. The van der Waals surface area contributed by atoms with E-state index in [1.54, 1.807) is 24.3 Å². The highest BCUT2D eigenvalue weighted by Gasteiger charge is 2.35. The largest absolute Gasteiger partial charge is 0.435 e. The Labute approximate surface area is 222 Å². The second-order valence-corrected chi connectivity index (χ2v) is 10.1. The monoisotopic (exact) mass is 565 g/mol. The highest BCUT2D eigenvalue weighted by atomic mass is 32.2. The third-order valence-corrected chi connectivity index (χ3v) is 6.87. The summed E-state index contributed by atoms with van der Waals surface area (Å²) in [4.78, 5) is 26.9. The van der Waals surface area contributed by atoms with Crippen molar-refractivity contribution in [2.24, 2.45) is 16.5 Å². The number of nitrogens with zero attached hydrogens (tertiary/aromatic N) is 3. The predicted octanol–water partition coefficient (Wildman–Crippen LogP) is 1.84. The van der Waals surface area contributed by atoms with Crippen molar-refractivity contribution in [1.29, 1.82) is 0 Å². The average Bonchev–Trinajstić information content (AvgIpc) is 3.32. The molecule has 39 heavy (non-hydrogen) atoms. The fourth-order valence-corrected chi connectivity index (χ4v) is 4.57. The van der Waals surface area contributed by atoms with Crippen LogP contribution in [-0.4, -0.2) is 49.1 Å². The summed E-state index contributed by atoms with van der Waals surface area (Å²) in [5, 5.41) is 5.93. The Hall–Kier alpha value is -4.40. The zero-order valence-electron chi connectivity index (χ0n) is 20.6. The Kier molecular flexibility index (Phi) is 8.96. The van der Waals surface area contributed by atoms with Crippen molar-refractivity contribution >= 4 is 28.3 Å². The number of guanidine groups is 1. The average molecular weight is 566 g/mol. The molecule has 0 aliphatic carbocycles. The molecule has 0 bridgehead atoms. The van der Waals surface area contributed by atoms with Crippen molar-refractivity contribution in [3.05, 3.63) is 65.9 Å². The van der Waals surface area contributed by atoms with Gasteiger partial charge in [-0.3, -0.25) is 14.6 Å². The van der Waals surface area contributed by atoms with E-state index < -0.39 is 33.8 Å². The number of nitrogens with two attached hydrogens (primary N) is 2. The zero-order chi connectivity index (χ0) is 28.8. The van der Waals surface area contributed by atoms with Gasteiger partial charge in [0.1, 0.15) is 6.04 Å². The number of aliphatic imine (C=N–C) groups is 1. The number of amides is 2. The van der Waals surface area contributed by atoms with E-state index in [0.717, 1.165) is 28.4 Å². The van der Waals surface area contributed by atoms with Crippen molar-refractivity contribution in [2.75, 3.05) is 6.54 Å². The molecule has 2 amide bonds. The van der Waals surface area contributed by atoms with E-state index in [4.69, 9.17) is 11.5 Å². The summed E-state index contributed by atoms with van der Waals surface area (Å²) in [7, 11) is -4.38.